The molecule has 0 bridgehead atoms. The molecular formula is C35H38O2. The largest absolute Gasteiger partial charge is 0.508 e. The highest BCUT2D eigenvalue weighted by molar-refractivity contribution is 5.87. The minimum Gasteiger partial charge on any atom is -0.508 e. The molecule has 4 aromatic rings. The van der Waals surface area contributed by atoms with Crippen LogP contribution in [0.2, 0.25) is 0 Å². The van der Waals surface area contributed by atoms with Crippen molar-refractivity contribution in [2.75, 3.05) is 0 Å². The first-order valence-corrected chi connectivity index (χ1v) is 13.8. The standard InChI is InChI=1S/C35H38O2/c1-5-7-9-25-11-15-31-29(21-25)30-22-26(10-8-6-2)12-16-32(30)35(31,27-13-17-33(36)23(3)19-27)28-14-18-34(37)24(4)20-28/h11-22,36-37H,5-10H2,1-4H3. The van der Waals surface area contributed by atoms with Gasteiger partial charge in [0.1, 0.15) is 11.5 Å². The van der Waals surface area contributed by atoms with Crippen LogP contribution in [0.15, 0.2) is 72.8 Å². The predicted octanol–water partition coefficient (Wildman–Crippen LogP) is 8.76. The molecule has 4 aromatic carbocycles. The molecule has 0 spiro atoms. The van der Waals surface area contributed by atoms with Crippen molar-refractivity contribution in [2.45, 2.75) is 71.6 Å². The molecule has 1 aliphatic rings. The van der Waals surface area contributed by atoms with Crippen LogP contribution in [-0.2, 0) is 18.3 Å². The number of hydrogen-bond donors (Lipinski definition) is 2. The van der Waals surface area contributed by atoms with Crippen molar-refractivity contribution in [3.63, 3.8) is 0 Å². The summed E-state index contributed by atoms with van der Waals surface area (Å²) >= 11 is 0. The third-order valence-electron chi connectivity index (χ3n) is 8.16. The van der Waals surface area contributed by atoms with Crippen molar-refractivity contribution < 1.29 is 10.2 Å². The van der Waals surface area contributed by atoms with Crippen molar-refractivity contribution in [3.05, 3.63) is 117 Å². The minimum absolute atomic E-state index is 0.309. The third-order valence-corrected chi connectivity index (χ3v) is 8.16. The summed E-state index contributed by atoms with van der Waals surface area (Å²) in [6.07, 6.45) is 6.89. The summed E-state index contributed by atoms with van der Waals surface area (Å²) in [5.41, 5.74) is 11.4. The second-order valence-electron chi connectivity index (χ2n) is 10.7. The third kappa shape index (κ3) is 4.23. The average molecular weight is 491 g/mol. The first kappa shape index (κ1) is 25.1. The Kier molecular flexibility index (Phi) is 6.86. The van der Waals surface area contributed by atoms with E-state index in [0.717, 1.165) is 35.1 Å². The summed E-state index contributed by atoms with van der Waals surface area (Å²) in [4.78, 5) is 0. The number of fused-ring (bicyclic) bond motifs is 3. The van der Waals surface area contributed by atoms with E-state index in [1.54, 1.807) is 0 Å². The highest BCUT2D eigenvalue weighted by Gasteiger charge is 2.46. The molecule has 5 rings (SSSR count). The molecule has 0 radical (unpaired) electrons. The lowest BCUT2D eigenvalue weighted by atomic mass is 9.67. The maximum absolute atomic E-state index is 10.4. The fourth-order valence-corrected chi connectivity index (χ4v) is 6.07. The lowest BCUT2D eigenvalue weighted by molar-refractivity contribution is 0.470. The van der Waals surface area contributed by atoms with Gasteiger partial charge in [0.2, 0.25) is 0 Å². The molecule has 2 heteroatoms. The maximum Gasteiger partial charge on any atom is 0.118 e. The smallest absolute Gasteiger partial charge is 0.118 e. The number of aryl methyl sites for hydroxylation is 4. The first-order chi connectivity index (χ1) is 17.9. The molecule has 0 aliphatic heterocycles. The van der Waals surface area contributed by atoms with E-state index in [4.69, 9.17) is 0 Å². The van der Waals surface area contributed by atoms with E-state index in [1.807, 2.05) is 26.0 Å². The van der Waals surface area contributed by atoms with E-state index in [1.165, 1.54) is 59.1 Å². The van der Waals surface area contributed by atoms with Gasteiger partial charge < -0.3 is 10.2 Å². The van der Waals surface area contributed by atoms with Crippen LogP contribution >= 0.6 is 0 Å². The predicted molar refractivity (Wildman–Crippen MR) is 154 cm³/mol. The molecule has 2 nitrogen and oxygen atoms in total. The van der Waals surface area contributed by atoms with Gasteiger partial charge in [-0.15, -0.1) is 0 Å². The molecule has 190 valence electrons. The highest BCUT2D eigenvalue weighted by atomic mass is 16.3. The highest BCUT2D eigenvalue weighted by Crippen LogP contribution is 2.57. The van der Waals surface area contributed by atoms with Crippen molar-refractivity contribution in [3.8, 4) is 22.6 Å². The van der Waals surface area contributed by atoms with Crippen LogP contribution in [0.3, 0.4) is 0 Å². The zero-order valence-electron chi connectivity index (χ0n) is 22.6. The summed E-state index contributed by atoms with van der Waals surface area (Å²) in [6, 6.07) is 26.1. The Balaban J connectivity index is 1.86. The summed E-state index contributed by atoms with van der Waals surface area (Å²) in [5, 5.41) is 20.8. The zero-order chi connectivity index (χ0) is 26.2. The fourth-order valence-electron chi connectivity index (χ4n) is 6.07. The molecule has 0 amide bonds. The lowest BCUT2D eigenvalue weighted by Crippen LogP contribution is -2.29. The second kappa shape index (κ2) is 10.1. The Morgan fingerprint density at radius 1 is 0.568 bits per heavy atom. The Bertz CT molecular complexity index is 1340. The number of phenols is 2. The van der Waals surface area contributed by atoms with Gasteiger partial charge in [-0.1, -0.05) is 87.4 Å². The molecule has 0 fully saturated rings. The van der Waals surface area contributed by atoms with Gasteiger partial charge in [0.05, 0.1) is 5.41 Å². The van der Waals surface area contributed by atoms with Crippen LogP contribution in [0.4, 0.5) is 0 Å². The van der Waals surface area contributed by atoms with Gasteiger partial charge in [-0.25, -0.2) is 0 Å². The molecular weight excluding hydrogens is 452 g/mol. The number of aromatic hydroxyl groups is 2. The summed E-state index contributed by atoms with van der Waals surface area (Å²) in [6.45, 7) is 8.42. The quantitative estimate of drug-likeness (QED) is 0.228. The molecule has 2 N–H and O–H groups in total. The maximum atomic E-state index is 10.4. The van der Waals surface area contributed by atoms with Gasteiger partial charge in [-0.05, 0) is 107 Å². The SMILES string of the molecule is CCCCc1ccc2c(c1)-c1cc(CCCC)ccc1C2(c1ccc(O)c(C)c1)c1ccc(O)c(C)c1. The molecule has 0 unspecified atom stereocenters. The van der Waals surface area contributed by atoms with Crippen LogP contribution < -0.4 is 0 Å². The van der Waals surface area contributed by atoms with E-state index < -0.39 is 5.41 Å². The van der Waals surface area contributed by atoms with Gasteiger partial charge in [-0.3, -0.25) is 0 Å². The number of rotatable bonds is 8. The van der Waals surface area contributed by atoms with Crippen molar-refractivity contribution in [2.24, 2.45) is 0 Å². The van der Waals surface area contributed by atoms with Crippen molar-refractivity contribution in [1.29, 1.82) is 0 Å². The summed E-state index contributed by atoms with van der Waals surface area (Å²) in [5.74, 6) is 0.619. The van der Waals surface area contributed by atoms with Gasteiger partial charge >= 0.3 is 0 Å². The Labute approximate surface area is 221 Å². The van der Waals surface area contributed by atoms with Crippen LogP contribution in [0.1, 0.15) is 84.0 Å². The monoisotopic (exact) mass is 490 g/mol. The fraction of sp³-hybridized carbons (Fsp3) is 0.314. The first-order valence-electron chi connectivity index (χ1n) is 13.8. The molecule has 1 aliphatic carbocycles. The van der Waals surface area contributed by atoms with E-state index in [0.29, 0.717) is 11.5 Å². The minimum atomic E-state index is -0.534. The van der Waals surface area contributed by atoms with Crippen molar-refractivity contribution >= 4 is 0 Å². The van der Waals surface area contributed by atoms with E-state index >= 15 is 0 Å². The molecule has 0 atom stereocenters. The zero-order valence-corrected chi connectivity index (χ0v) is 22.6. The Hall–Kier alpha value is -3.52. The number of hydrogen-bond acceptors (Lipinski definition) is 2. The van der Waals surface area contributed by atoms with Crippen LogP contribution in [0.25, 0.3) is 11.1 Å². The van der Waals surface area contributed by atoms with Gasteiger partial charge in [0.25, 0.3) is 0 Å². The molecule has 0 saturated carbocycles. The van der Waals surface area contributed by atoms with Crippen LogP contribution in [0.5, 0.6) is 11.5 Å². The molecule has 0 saturated heterocycles. The average Bonchev–Trinajstić information content (AvgIpc) is 3.19. The van der Waals surface area contributed by atoms with Crippen LogP contribution in [0, 0.1) is 13.8 Å². The molecule has 0 heterocycles. The van der Waals surface area contributed by atoms with E-state index in [2.05, 4.69) is 74.5 Å². The van der Waals surface area contributed by atoms with E-state index in [9.17, 15) is 10.2 Å². The van der Waals surface area contributed by atoms with Gasteiger partial charge in [0.15, 0.2) is 0 Å². The summed E-state index contributed by atoms with van der Waals surface area (Å²) in [7, 11) is 0. The number of phenolic OH excluding ortho intramolecular Hbond substituents is 2. The normalized spacial score (nSPS) is 13.4. The topological polar surface area (TPSA) is 40.5 Å². The van der Waals surface area contributed by atoms with Crippen molar-refractivity contribution in [1.82, 2.24) is 0 Å². The summed E-state index contributed by atoms with van der Waals surface area (Å²) < 4.78 is 0. The van der Waals surface area contributed by atoms with Crippen LogP contribution in [-0.4, -0.2) is 10.2 Å². The Morgan fingerprint density at radius 2 is 1.00 bits per heavy atom. The number of unbranched alkanes of at least 4 members (excludes halogenated alkanes) is 2. The Morgan fingerprint density at radius 3 is 1.38 bits per heavy atom. The van der Waals surface area contributed by atoms with E-state index in [-0.39, 0.29) is 0 Å². The lowest BCUT2D eigenvalue weighted by Gasteiger charge is -2.34. The van der Waals surface area contributed by atoms with Gasteiger partial charge in [-0.2, -0.15) is 0 Å². The van der Waals surface area contributed by atoms with Gasteiger partial charge in [0, 0.05) is 0 Å². The number of benzene rings is 4. The molecule has 0 aromatic heterocycles. The molecule has 37 heavy (non-hydrogen) atoms. The second-order valence-corrected chi connectivity index (χ2v) is 10.7.